The SMILES string of the molecule is CS(=O)(=O)N1CC[C@H](CS(=O)(=O)Cl)C1. The van der Waals surface area contributed by atoms with Gasteiger partial charge in [-0.3, -0.25) is 0 Å². The number of halogens is 1. The van der Waals surface area contributed by atoms with Gasteiger partial charge < -0.3 is 0 Å². The van der Waals surface area contributed by atoms with Crippen LogP contribution in [0.3, 0.4) is 0 Å². The molecule has 0 unspecified atom stereocenters. The lowest BCUT2D eigenvalue weighted by Crippen LogP contribution is -2.28. The van der Waals surface area contributed by atoms with Crippen LogP contribution in [0.4, 0.5) is 0 Å². The summed E-state index contributed by atoms with van der Waals surface area (Å²) in [4.78, 5) is 0. The third kappa shape index (κ3) is 3.72. The average molecular weight is 262 g/mol. The van der Waals surface area contributed by atoms with Gasteiger partial charge in [-0.2, -0.15) is 0 Å². The third-order valence-corrected chi connectivity index (χ3v) is 4.67. The largest absolute Gasteiger partial charge is 0.232 e. The maximum Gasteiger partial charge on any atom is 0.232 e. The predicted molar refractivity (Wildman–Crippen MR) is 54.2 cm³/mol. The van der Waals surface area contributed by atoms with Crippen molar-refractivity contribution in [1.29, 1.82) is 0 Å². The summed E-state index contributed by atoms with van der Waals surface area (Å²) in [7, 11) is -1.64. The van der Waals surface area contributed by atoms with E-state index in [0.29, 0.717) is 13.0 Å². The van der Waals surface area contributed by atoms with Gasteiger partial charge in [0.1, 0.15) is 0 Å². The van der Waals surface area contributed by atoms with Gasteiger partial charge in [0, 0.05) is 23.8 Å². The van der Waals surface area contributed by atoms with Crippen LogP contribution in [0.1, 0.15) is 6.42 Å². The standard InChI is InChI=1S/C6H12ClNO4S2/c1-13(9,10)8-3-2-6(4-8)5-14(7,11)12/h6H,2-5H2,1H3/t6-/m0/s1. The van der Waals surface area contributed by atoms with Crippen LogP contribution in [0.5, 0.6) is 0 Å². The number of sulfonamides is 1. The molecule has 0 spiro atoms. The van der Waals surface area contributed by atoms with Gasteiger partial charge in [-0.25, -0.2) is 21.1 Å². The van der Waals surface area contributed by atoms with Gasteiger partial charge in [-0.05, 0) is 12.3 Å². The first kappa shape index (κ1) is 12.2. The fourth-order valence-corrected chi connectivity index (χ4v) is 3.80. The highest BCUT2D eigenvalue weighted by Gasteiger charge is 2.30. The zero-order chi connectivity index (χ0) is 11.0. The Morgan fingerprint density at radius 3 is 2.29 bits per heavy atom. The molecule has 14 heavy (non-hydrogen) atoms. The van der Waals surface area contributed by atoms with E-state index in [1.807, 2.05) is 0 Å². The van der Waals surface area contributed by atoms with E-state index in [-0.39, 0.29) is 18.2 Å². The minimum atomic E-state index is -3.53. The van der Waals surface area contributed by atoms with Crippen molar-refractivity contribution in [1.82, 2.24) is 4.31 Å². The summed E-state index contributed by atoms with van der Waals surface area (Å²) in [6.07, 6.45) is 1.67. The highest BCUT2D eigenvalue weighted by molar-refractivity contribution is 8.13. The first-order valence-electron chi connectivity index (χ1n) is 4.06. The minimum absolute atomic E-state index is 0.152. The zero-order valence-corrected chi connectivity index (χ0v) is 10.1. The van der Waals surface area contributed by atoms with E-state index >= 15 is 0 Å². The van der Waals surface area contributed by atoms with E-state index in [9.17, 15) is 16.8 Å². The molecule has 1 atom stereocenters. The second-order valence-electron chi connectivity index (χ2n) is 3.48. The Kier molecular flexibility index (Phi) is 3.45. The summed E-state index contributed by atoms with van der Waals surface area (Å²) in [5.41, 5.74) is 0. The Bertz CT molecular complexity index is 402. The predicted octanol–water partition coefficient (Wildman–Crippen LogP) is -0.163. The van der Waals surface area contributed by atoms with E-state index in [0.717, 1.165) is 6.26 Å². The molecule has 1 heterocycles. The van der Waals surface area contributed by atoms with E-state index in [4.69, 9.17) is 10.7 Å². The van der Waals surface area contributed by atoms with Gasteiger partial charge in [0.25, 0.3) is 0 Å². The van der Waals surface area contributed by atoms with Crippen LogP contribution in [-0.4, -0.2) is 46.2 Å². The molecule has 0 aromatic heterocycles. The molecule has 1 aliphatic heterocycles. The molecule has 0 aromatic rings. The molecule has 0 aromatic carbocycles. The van der Waals surface area contributed by atoms with Crippen LogP contribution >= 0.6 is 10.7 Å². The highest BCUT2D eigenvalue weighted by Crippen LogP contribution is 2.21. The summed E-state index contributed by atoms with van der Waals surface area (Å²) in [6, 6.07) is 0. The monoisotopic (exact) mass is 261 g/mol. The number of hydrogen-bond acceptors (Lipinski definition) is 4. The maximum absolute atomic E-state index is 11.1. The minimum Gasteiger partial charge on any atom is -0.213 e. The smallest absolute Gasteiger partial charge is 0.213 e. The molecule has 0 amide bonds. The van der Waals surface area contributed by atoms with Crippen molar-refractivity contribution in [2.75, 3.05) is 25.1 Å². The van der Waals surface area contributed by atoms with Crippen molar-refractivity contribution < 1.29 is 16.8 Å². The van der Waals surface area contributed by atoms with Crippen LogP contribution in [-0.2, 0) is 19.1 Å². The van der Waals surface area contributed by atoms with Gasteiger partial charge in [-0.15, -0.1) is 0 Å². The van der Waals surface area contributed by atoms with Crippen molar-refractivity contribution >= 4 is 29.8 Å². The molecule has 0 aliphatic carbocycles. The molecule has 84 valence electrons. The third-order valence-electron chi connectivity index (χ3n) is 2.15. The molecular weight excluding hydrogens is 250 g/mol. The lowest BCUT2D eigenvalue weighted by molar-refractivity contribution is 0.469. The molecule has 0 saturated carbocycles. The topological polar surface area (TPSA) is 71.5 Å². The molecule has 1 rings (SSSR count). The van der Waals surface area contributed by atoms with Crippen molar-refractivity contribution in [3.05, 3.63) is 0 Å². The number of nitrogens with zero attached hydrogens (tertiary/aromatic N) is 1. The molecule has 0 bridgehead atoms. The fourth-order valence-electron chi connectivity index (χ4n) is 1.52. The first-order valence-corrected chi connectivity index (χ1v) is 8.38. The molecule has 0 radical (unpaired) electrons. The number of rotatable bonds is 3. The molecule has 1 saturated heterocycles. The van der Waals surface area contributed by atoms with Crippen LogP contribution in [0.25, 0.3) is 0 Å². The second-order valence-corrected chi connectivity index (χ2v) is 8.29. The van der Waals surface area contributed by atoms with Gasteiger partial charge in [-0.1, -0.05) is 0 Å². The Morgan fingerprint density at radius 2 is 1.93 bits per heavy atom. The van der Waals surface area contributed by atoms with Gasteiger partial charge in [0.15, 0.2) is 0 Å². The Morgan fingerprint density at radius 1 is 1.36 bits per heavy atom. The van der Waals surface area contributed by atoms with Crippen molar-refractivity contribution in [3.8, 4) is 0 Å². The Hall–Kier alpha value is 0.150. The van der Waals surface area contributed by atoms with E-state index < -0.39 is 19.1 Å². The average Bonchev–Trinajstić information content (AvgIpc) is 2.29. The first-order chi connectivity index (χ1) is 6.18. The molecule has 1 fully saturated rings. The summed E-state index contributed by atoms with van der Waals surface area (Å²) in [5, 5.41) is 0. The zero-order valence-electron chi connectivity index (χ0n) is 7.68. The van der Waals surface area contributed by atoms with Crippen molar-refractivity contribution in [2.24, 2.45) is 5.92 Å². The molecule has 5 nitrogen and oxygen atoms in total. The molecular formula is C6H12ClNO4S2. The number of hydrogen-bond donors (Lipinski definition) is 0. The van der Waals surface area contributed by atoms with Crippen LogP contribution in [0, 0.1) is 5.92 Å². The quantitative estimate of drug-likeness (QED) is 0.662. The van der Waals surface area contributed by atoms with Crippen LogP contribution in [0.2, 0.25) is 0 Å². The lowest BCUT2D eigenvalue weighted by atomic mass is 10.2. The van der Waals surface area contributed by atoms with Crippen molar-refractivity contribution in [2.45, 2.75) is 6.42 Å². The lowest BCUT2D eigenvalue weighted by Gasteiger charge is -2.12. The Labute approximate surface area is 88.5 Å². The molecule has 8 heteroatoms. The van der Waals surface area contributed by atoms with Gasteiger partial charge in [0.2, 0.25) is 19.1 Å². The van der Waals surface area contributed by atoms with Gasteiger partial charge in [0.05, 0.1) is 12.0 Å². The van der Waals surface area contributed by atoms with Crippen molar-refractivity contribution in [3.63, 3.8) is 0 Å². The maximum atomic E-state index is 11.1. The molecule has 0 N–H and O–H groups in total. The van der Waals surface area contributed by atoms with Gasteiger partial charge >= 0.3 is 0 Å². The summed E-state index contributed by atoms with van der Waals surface area (Å²) >= 11 is 0. The highest BCUT2D eigenvalue weighted by atomic mass is 35.7. The summed E-state index contributed by atoms with van der Waals surface area (Å²) in [6.45, 7) is 0.640. The van der Waals surface area contributed by atoms with E-state index in [2.05, 4.69) is 0 Å². The van der Waals surface area contributed by atoms with E-state index in [1.165, 1.54) is 4.31 Å². The van der Waals surface area contributed by atoms with E-state index in [1.54, 1.807) is 0 Å². The van der Waals surface area contributed by atoms with Crippen LogP contribution < -0.4 is 0 Å². The fraction of sp³-hybridized carbons (Fsp3) is 1.00. The normalized spacial score (nSPS) is 25.4. The molecule has 1 aliphatic rings. The summed E-state index contributed by atoms with van der Waals surface area (Å²) in [5.74, 6) is -0.326. The second kappa shape index (κ2) is 3.96. The van der Waals surface area contributed by atoms with Crippen LogP contribution in [0.15, 0.2) is 0 Å². The summed E-state index contributed by atoms with van der Waals surface area (Å²) < 4.78 is 44.9. The Balaban J connectivity index is 2.59.